The van der Waals surface area contributed by atoms with Crippen LogP contribution in [0.2, 0.25) is 0 Å². The van der Waals surface area contributed by atoms with E-state index in [1.807, 2.05) is 0 Å². The summed E-state index contributed by atoms with van der Waals surface area (Å²) in [5.74, 6) is 0.347. The molecule has 1 aromatic rings. The van der Waals surface area contributed by atoms with E-state index in [0.717, 1.165) is 18.6 Å². The Morgan fingerprint density at radius 1 is 1.53 bits per heavy atom. The van der Waals surface area contributed by atoms with Gasteiger partial charge in [0.05, 0.1) is 10.6 Å². The highest BCUT2D eigenvalue weighted by molar-refractivity contribution is 9.10. The van der Waals surface area contributed by atoms with Gasteiger partial charge in [0.25, 0.3) is 0 Å². The molecule has 1 aliphatic rings. The fourth-order valence-corrected chi connectivity index (χ4v) is 4.23. The average molecular weight is 351 g/mol. The van der Waals surface area contributed by atoms with E-state index < -0.39 is 15.8 Å². The van der Waals surface area contributed by atoms with Crippen LogP contribution in [0.3, 0.4) is 0 Å². The summed E-state index contributed by atoms with van der Waals surface area (Å²) in [6, 6.07) is 2.23. The highest BCUT2D eigenvalue weighted by Crippen LogP contribution is 2.39. The lowest BCUT2D eigenvalue weighted by Crippen LogP contribution is -2.29. The number of rotatable bonds is 4. The van der Waals surface area contributed by atoms with Crippen molar-refractivity contribution in [2.45, 2.75) is 18.2 Å². The summed E-state index contributed by atoms with van der Waals surface area (Å²) in [6.45, 7) is 2.57. The molecule has 106 valence electrons. The Bertz CT molecular complexity index is 606. The smallest absolute Gasteiger partial charge is 0.244 e. The molecular formula is C12H16BrFN2O2S. The van der Waals surface area contributed by atoms with Crippen molar-refractivity contribution in [1.29, 1.82) is 0 Å². The Balaban J connectivity index is 2.31. The minimum atomic E-state index is -3.65. The van der Waals surface area contributed by atoms with Crippen molar-refractivity contribution in [1.82, 2.24) is 4.31 Å². The van der Waals surface area contributed by atoms with Crippen LogP contribution in [-0.4, -0.2) is 26.3 Å². The Kier molecular flexibility index (Phi) is 3.90. The van der Waals surface area contributed by atoms with Gasteiger partial charge < -0.3 is 5.73 Å². The van der Waals surface area contributed by atoms with Crippen molar-refractivity contribution in [3.05, 3.63) is 22.4 Å². The van der Waals surface area contributed by atoms with Crippen LogP contribution < -0.4 is 5.73 Å². The summed E-state index contributed by atoms with van der Waals surface area (Å²) in [5, 5.41) is 0. The number of nitrogen functional groups attached to an aromatic ring is 1. The number of benzene rings is 1. The summed E-state index contributed by atoms with van der Waals surface area (Å²) in [7, 11) is -2.11. The molecule has 0 amide bonds. The number of nitrogens with zero attached hydrogens (tertiary/aromatic N) is 1. The highest BCUT2D eigenvalue weighted by Gasteiger charge is 2.36. The van der Waals surface area contributed by atoms with E-state index in [1.165, 1.54) is 11.4 Å². The summed E-state index contributed by atoms with van der Waals surface area (Å²) < 4.78 is 39.6. The zero-order chi connectivity index (χ0) is 14.4. The number of halogens is 2. The molecule has 0 bridgehead atoms. The van der Waals surface area contributed by atoms with E-state index >= 15 is 0 Å². The first kappa shape index (κ1) is 14.7. The summed E-state index contributed by atoms with van der Waals surface area (Å²) in [4.78, 5) is 0.00204. The third-order valence-corrected chi connectivity index (χ3v) is 6.29. The Morgan fingerprint density at radius 2 is 2.11 bits per heavy atom. The lowest BCUT2D eigenvalue weighted by molar-refractivity contribution is 0.444. The first-order valence-electron chi connectivity index (χ1n) is 5.94. The van der Waals surface area contributed by atoms with Gasteiger partial charge in [-0.25, -0.2) is 17.1 Å². The first-order chi connectivity index (χ1) is 8.73. The second-order valence-electron chi connectivity index (χ2n) is 5.06. The van der Waals surface area contributed by atoms with E-state index in [2.05, 4.69) is 22.9 Å². The second kappa shape index (κ2) is 5.03. The molecule has 1 saturated carbocycles. The zero-order valence-corrected chi connectivity index (χ0v) is 13.1. The maximum absolute atomic E-state index is 13.3. The minimum absolute atomic E-state index is 0.00204. The standard InChI is InChI=1S/C12H16BrFN2O2S/c1-7-3-8(7)6-16(2)19(17,18)12-5-11(15)10(14)4-9(12)13/h4-5,7-8H,3,6,15H2,1-2H3. The molecule has 1 aromatic carbocycles. The van der Waals surface area contributed by atoms with Crippen LogP contribution in [-0.2, 0) is 10.0 Å². The monoisotopic (exact) mass is 350 g/mol. The molecule has 0 aromatic heterocycles. The third-order valence-electron chi connectivity index (χ3n) is 3.51. The predicted octanol–water partition coefficient (Wildman–Crippen LogP) is 2.45. The van der Waals surface area contributed by atoms with Gasteiger partial charge >= 0.3 is 0 Å². The summed E-state index contributed by atoms with van der Waals surface area (Å²) >= 11 is 3.08. The van der Waals surface area contributed by atoms with Crippen molar-refractivity contribution in [2.24, 2.45) is 11.8 Å². The van der Waals surface area contributed by atoms with Crippen LogP contribution in [0.4, 0.5) is 10.1 Å². The van der Waals surface area contributed by atoms with Crippen molar-refractivity contribution in [3.8, 4) is 0 Å². The van der Waals surface area contributed by atoms with Gasteiger partial charge in [-0.15, -0.1) is 0 Å². The molecule has 7 heteroatoms. The molecule has 0 spiro atoms. The summed E-state index contributed by atoms with van der Waals surface area (Å²) in [5.41, 5.74) is 5.27. The molecule has 2 atom stereocenters. The normalized spacial score (nSPS) is 22.8. The average Bonchev–Trinajstić information content (AvgIpc) is 2.99. The Labute approximate surface area is 121 Å². The Hall–Kier alpha value is -0.660. The van der Waals surface area contributed by atoms with Gasteiger partial charge in [-0.2, -0.15) is 0 Å². The van der Waals surface area contributed by atoms with Crippen LogP contribution in [0.25, 0.3) is 0 Å². The topological polar surface area (TPSA) is 63.4 Å². The molecule has 4 nitrogen and oxygen atoms in total. The van der Waals surface area contributed by atoms with E-state index in [4.69, 9.17) is 5.73 Å². The molecule has 0 heterocycles. The number of anilines is 1. The van der Waals surface area contributed by atoms with Crippen molar-refractivity contribution in [3.63, 3.8) is 0 Å². The van der Waals surface area contributed by atoms with E-state index in [-0.39, 0.29) is 15.1 Å². The maximum Gasteiger partial charge on any atom is 0.244 e. The van der Waals surface area contributed by atoms with Gasteiger partial charge in [0.1, 0.15) is 5.82 Å². The second-order valence-corrected chi connectivity index (χ2v) is 7.93. The van der Waals surface area contributed by atoms with Gasteiger partial charge in [0.15, 0.2) is 0 Å². The van der Waals surface area contributed by atoms with Gasteiger partial charge in [-0.05, 0) is 46.3 Å². The zero-order valence-electron chi connectivity index (χ0n) is 10.7. The van der Waals surface area contributed by atoms with Gasteiger partial charge in [-0.1, -0.05) is 6.92 Å². The van der Waals surface area contributed by atoms with E-state index in [0.29, 0.717) is 18.4 Å². The molecule has 0 radical (unpaired) electrons. The predicted molar refractivity (Wildman–Crippen MR) is 75.6 cm³/mol. The van der Waals surface area contributed by atoms with Crippen molar-refractivity contribution >= 4 is 31.6 Å². The quantitative estimate of drug-likeness (QED) is 0.848. The van der Waals surface area contributed by atoms with Gasteiger partial charge in [0.2, 0.25) is 10.0 Å². The van der Waals surface area contributed by atoms with Gasteiger partial charge in [-0.3, -0.25) is 0 Å². The fourth-order valence-electron chi connectivity index (χ4n) is 1.99. The van der Waals surface area contributed by atoms with E-state index in [9.17, 15) is 12.8 Å². The molecule has 19 heavy (non-hydrogen) atoms. The number of hydrogen-bond donors (Lipinski definition) is 1. The van der Waals surface area contributed by atoms with Crippen LogP contribution >= 0.6 is 15.9 Å². The number of hydrogen-bond acceptors (Lipinski definition) is 3. The largest absolute Gasteiger partial charge is 0.396 e. The van der Waals surface area contributed by atoms with Gasteiger partial charge in [0, 0.05) is 18.1 Å². The Morgan fingerprint density at radius 3 is 2.63 bits per heavy atom. The SMILES string of the molecule is CC1CC1CN(C)S(=O)(=O)c1cc(N)c(F)cc1Br. The third kappa shape index (κ3) is 2.93. The molecule has 2 unspecified atom stereocenters. The molecule has 0 saturated heterocycles. The maximum atomic E-state index is 13.3. The highest BCUT2D eigenvalue weighted by atomic mass is 79.9. The van der Waals surface area contributed by atoms with Crippen molar-refractivity contribution in [2.75, 3.05) is 19.3 Å². The summed E-state index contributed by atoms with van der Waals surface area (Å²) in [6.07, 6.45) is 1.05. The van der Waals surface area contributed by atoms with Crippen LogP contribution in [0.5, 0.6) is 0 Å². The molecule has 1 fully saturated rings. The number of sulfonamides is 1. The van der Waals surface area contributed by atoms with Crippen LogP contribution in [0.15, 0.2) is 21.5 Å². The lowest BCUT2D eigenvalue weighted by Gasteiger charge is -2.18. The molecule has 1 aliphatic carbocycles. The van der Waals surface area contributed by atoms with Crippen molar-refractivity contribution < 1.29 is 12.8 Å². The minimum Gasteiger partial charge on any atom is -0.396 e. The van der Waals surface area contributed by atoms with Crippen LogP contribution in [0, 0.1) is 17.7 Å². The lowest BCUT2D eigenvalue weighted by atomic mass is 10.3. The number of nitrogens with two attached hydrogens (primary N) is 1. The molecule has 2 rings (SSSR count). The molecular weight excluding hydrogens is 335 g/mol. The fraction of sp³-hybridized carbons (Fsp3) is 0.500. The molecule has 2 N–H and O–H groups in total. The first-order valence-corrected chi connectivity index (χ1v) is 8.17. The van der Waals surface area contributed by atoms with Crippen LogP contribution in [0.1, 0.15) is 13.3 Å². The molecule has 0 aliphatic heterocycles. The van der Waals surface area contributed by atoms with E-state index in [1.54, 1.807) is 0 Å².